The summed E-state index contributed by atoms with van der Waals surface area (Å²) in [5, 5.41) is 0. The van der Waals surface area contributed by atoms with Crippen LogP contribution in [0, 0.1) is 5.92 Å². The molecule has 0 saturated carbocycles. The first kappa shape index (κ1) is 11.6. The van der Waals surface area contributed by atoms with Gasteiger partial charge in [-0.25, -0.2) is 0 Å². The van der Waals surface area contributed by atoms with Gasteiger partial charge in [-0.2, -0.15) is 0 Å². The van der Waals surface area contributed by atoms with Gasteiger partial charge in [-0.15, -0.1) is 0 Å². The molecule has 0 spiro atoms. The number of nitrogens with zero attached hydrogens (tertiary/aromatic N) is 1. The third-order valence-corrected chi connectivity index (χ3v) is 2.77. The molecule has 6 heteroatoms. The monoisotopic (exact) mass is 238 g/mol. The zero-order chi connectivity index (χ0) is 10.7. The van der Waals surface area contributed by atoms with Gasteiger partial charge >= 0.3 is 0 Å². The van der Waals surface area contributed by atoms with E-state index >= 15 is 0 Å². The molecule has 0 aromatic carbocycles. The molecule has 0 unspecified atom stereocenters. The largest absolute Gasteiger partial charge is 0.369 e. The molecule has 1 saturated heterocycles. The molecule has 1 aliphatic heterocycles. The summed E-state index contributed by atoms with van der Waals surface area (Å²) in [7, 11) is 0. The number of alkyl halides is 2. The highest BCUT2D eigenvalue weighted by atomic mass is 35.5. The van der Waals surface area contributed by atoms with Gasteiger partial charge in [0.2, 0.25) is 5.91 Å². The Kier molecular flexibility index (Phi) is 4.01. The number of nitrogens with two attached hydrogens (primary N) is 1. The first-order valence-corrected chi connectivity index (χ1v) is 5.26. The second-order valence-corrected chi connectivity index (χ2v) is 4.40. The number of carbonyl (C=O) groups is 2. The van der Waals surface area contributed by atoms with E-state index in [4.69, 9.17) is 28.9 Å². The highest BCUT2D eigenvalue weighted by Gasteiger charge is 2.28. The second-order valence-electron chi connectivity index (χ2n) is 3.30. The lowest BCUT2D eigenvalue weighted by Crippen LogP contribution is -2.43. The van der Waals surface area contributed by atoms with Crippen LogP contribution in [-0.2, 0) is 9.59 Å². The molecule has 4 nitrogen and oxygen atoms in total. The molecule has 0 atom stereocenters. The van der Waals surface area contributed by atoms with Crippen LogP contribution in [0.25, 0.3) is 0 Å². The maximum atomic E-state index is 11.3. The Morgan fingerprint density at radius 1 is 1.29 bits per heavy atom. The highest BCUT2D eigenvalue weighted by Crippen LogP contribution is 2.18. The van der Waals surface area contributed by atoms with E-state index in [9.17, 15) is 9.59 Å². The summed E-state index contributed by atoms with van der Waals surface area (Å²) in [6.45, 7) is 1.00. The van der Waals surface area contributed by atoms with E-state index in [-0.39, 0.29) is 17.7 Å². The molecule has 1 heterocycles. The van der Waals surface area contributed by atoms with Gasteiger partial charge in [0.1, 0.15) is 0 Å². The Morgan fingerprint density at radius 2 is 1.79 bits per heavy atom. The van der Waals surface area contributed by atoms with E-state index < -0.39 is 4.84 Å². The Balaban J connectivity index is 2.43. The summed E-state index contributed by atoms with van der Waals surface area (Å²) >= 11 is 10.9. The molecule has 0 radical (unpaired) electrons. The molecular formula is C8H12Cl2N2O2. The quantitative estimate of drug-likeness (QED) is 0.714. The molecular weight excluding hydrogens is 227 g/mol. The number of hydrogen-bond acceptors (Lipinski definition) is 2. The lowest BCUT2D eigenvalue weighted by Gasteiger charge is -2.30. The van der Waals surface area contributed by atoms with Crippen LogP contribution in [-0.4, -0.2) is 34.6 Å². The Bertz CT molecular complexity index is 237. The number of halogens is 2. The van der Waals surface area contributed by atoms with Gasteiger partial charge in [0.15, 0.2) is 4.84 Å². The second kappa shape index (κ2) is 4.84. The fourth-order valence-electron chi connectivity index (χ4n) is 1.52. The zero-order valence-corrected chi connectivity index (χ0v) is 9.09. The van der Waals surface area contributed by atoms with Crippen molar-refractivity contribution < 1.29 is 9.59 Å². The van der Waals surface area contributed by atoms with Crippen LogP contribution < -0.4 is 5.73 Å². The van der Waals surface area contributed by atoms with Crippen molar-refractivity contribution in [2.75, 3.05) is 13.1 Å². The molecule has 2 N–H and O–H groups in total. The number of hydrogen-bond donors (Lipinski definition) is 1. The number of likely N-dealkylation sites (tertiary alicyclic amines) is 1. The van der Waals surface area contributed by atoms with Crippen molar-refractivity contribution in [2.45, 2.75) is 17.7 Å². The molecule has 1 fully saturated rings. The number of primary amides is 1. The van der Waals surface area contributed by atoms with Crippen LogP contribution in [0.3, 0.4) is 0 Å². The van der Waals surface area contributed by atoms with E-state index in [1.807, 2.05) is 0 Å². The first-order valence-electron chi connectivity index (χ1n) is 4.38. The minimum Gasteiger partial charge on any atom is -0.369 e. The fraction of sp³-hybridized carbons (Fsp3) is 0.750. The van der Waals surface area contributed by atoms with E-state index in [1.165, 1.54) is 0 Å². The summed E-state index contributed by atoms with van der Waals surface area (Å²) in [4.78, 5) is 22.7. The van der Waals surface area contributed by atoms with Crippen LogP contribution in [0.15, 0.2) is 0 Å². The van der Waals surface area contributed by atoms with Crippen molar-refractivity contribution in [3.05, 3.63) is 0 Å². The van der Waals surface area contributed by atoms with Gasteiger partial charge in [-0.3, -0.25) is 9.59 Å². The smallest absolute Gasteiger partial charge is 0.255 e. The van der Waals surface area contributed by atoms with Gasteiger partial charge in [-0.1, -0.05) is 23.2 Å². The van der Waals surface area contributed by atoms with Crippen molar-refractivity contribution in [3.8, 4) is 0 Å². The fourth-order valence-corrected chi connectivity index (χ4v) is 1.80. The number of carbonyl (C=O) groups excluding carboxylic acids is 2. The summed E-state index contributed by atoms with van der Waals surface area (Å²) in [6, 6.07) is 0. The minimum absolute atomic E-state index is 0.122. The van der Waals surface area contributed by atoms with E-state index in [0.29, 0.717) is 25.9 Å². The minimum atomic E-state index is -1.01. The maximum absolute atomic E-state index is 11.3. The molecule has 0 aliphatic carbocycles. The summed E-state index contributed by atoms with van der Waals surface area (Å²) in [5.41, 5.74) is 5.15. The van der Waals surface area contributed by atoms with Crippen LogP contribution >= 0.6 is 23.2 Å². The van der Waals surface area contributed by atoms with Crippen molar-refractivity contribution in [3.63, 3.8) is 0 Å². The van der Waals surface area contributed by atoms with Crippen LogP contribution in [0.4, 0.5) is 0 Å². The molecule has 0 aromatic heterocycles. The van der Waals surface area contributed by atoms with Gasteiger partial charge in [0, 0.05) is 19.0 Å². The number of rotatable bonds is 2. The summed E-state index contributed by atoms with van der Waals surface area (Å²) in [6.07, 6.45) is 1.20. The van der Waals surface area contributed by atoms with Gasteiger partial charge in [0.05, 0.1) is 0 Å². The Hall–Kier alpha value is -0.480. The van der Waals surface area contributed by atoms with Crippen LogP contribution in [0.1, 0.15) is 12.8 Å². The van der Waals surface area contributed by atoms with Crippen LogP contribution in [0.5, 0.6) is 0 Å². The van der Waals surface area contributed by atoms with Crippen LogP contribution in [0.2, 0.25) is 0 Å². The maximum Gasteiger partial charge on any atom is 0.255 e. The van der Waals surface area contributed by atoms with Crippen molar-refractivity contribution in [1.29, 1.82) is 0 Å². The standard InChI is InChI=1S/C8H12Cl2N2O2/c9-6(10)8(14)12-3-1-5(2-4-12)7(11)13/h5-6H,1-4H2,(H2,11,13). The average Bonchev–Trinajstić information content (AvgIpc) is 2.16. The van der Waals surface area contributed by atoms with E-state index in [2.05, 4.69) is 0 Å². The summed E-state index contributed by atoms with van der Waals surface area (Å²) < 4.78 is 0. The third kappa shape index (κ3) is 2.75. The molecule has 80 valence electrons. The van der Waals surface area contributed by atoms with E-state index in [0.717, 1.165) is 0 Å². The molecule has 14 heavy (non-hydrogen) atoms. The number of amides is 2. The normalized spacial score (nSPS) is 18.6. The Labute approximate surface area is 92.3 Å². The zero-order valence-electron chi connectivity index (χ0n) is 7.58. The molecule has 1 rings (SSSR count). The highest BCUT2D eigenvalue weighted by molar-refractivity contribution is 6.53. The lowest BCUT2D eigenvalue weighted by atomic mass is 9.96. The first-order chi connectivity index (χ1) is 6.52. The topological polar surface area (TPSA) is 63.4 Å². The van der Waals surface area contributed by atoms with Gasteiger partial charge in [-0.05, 0) is 12.8 Å². The number of piperidine rings is 1. The molecule has 0 bridgehead atoms. The van der Waals surface area contributed by atoms with Crippen molar-refractivity contribution in [1.82, 2.24) is 4.90 Å². The lowest BCUT2D eigenvalue weighted by molar-refractivity contribution is -0.133. The third-order valence-electron chi connectivity index (χ3n) is 2.40. The SMILES string of the molecule is NC(=O)C1CCN(C(=O)C(Cl)Cl)CC1. The van der Waals surface area contributed by atoms with Crippen molar-refractivity contribution >= 4 is 35.0 Å². The molecule has 2 amide bonds. The Morgan fingerprint density at radius 3 is 2.14 bits per heavy atom. The summed E-state index contributed by atoms with van der Waals surface area (Å²) in [5.74, 6) is -0.718. The van der Waals surface area contributed by atoms with Gasteiger partial charge < -0.3 is 10.6 Å². The van der Waals surface area contributed by atoms with Gasteiger partial charge in [0.25, 0.3) is 5.91 Å². The predicted molar refractivity (Wildman–Crippen MR) is 54.0 cm³/mol. The predicted octanol–water partition coefficient (Wildman–Crippen LogP) is 0.514. The van der Waals surface area contributed by atoms with E-state index in [1.54, 1.807) is 4.90 Å². The average molecular weight is 239 g/mol. The molecule has 1 aliphatic rings. The molecule has 0 aromatic rings. The van der Waals surface area contributed by atoms with Crippen molar-refractivity contribution in [2.24, 2.45) is 11.7 Å².